The molecule has 0 bridgehead atoms. The van der Waals surface area contributed by atoms with Gasteiger partial charge < -0.3 is 19.8 Å². The van der Waals surface area contributed by atoms with Crippen molar-refractivity contribution in [3.05, 3.63) is 23.8 Å². The van der Waals surface area contributed by atoms with Crippen molar-refractivity contribution in [1.82, 2.24) is 0 Å². The van der Waals surface area contributed by atoms with Crippen LogP contribution in [0.25, 0.3) is 0 Å². The summed E-state index contributed by atoms with van der Waals surface area (Å²) in [6, 6.07) is 5.28. The van der Waals surface area contributed by atoms with Crippen LogP contribution in [-0.4, -0.2) is 41.5 Å². The minimum Gasteiger partial charge on any atom is -0.508 e. The summed E-state index contributed by atoms with van der Waals surface area (Å²) in [6.07, 6.45) is 0.573. The normalized spacial score (nSPS) is 21.9. The number of rotatable bonds is 5. The molecule has 2 atom stereocenters. The Morgan fingerprint density at radius 3 is 2.80 bits per heavy atom. The summed E-state index contributed by atoms with van der Waals surface area (Å²) in [5.41, 5.74) is 2.05. The topological polar surface area (TPSA) is 70.0 Å². The van der Waals surface area contributed by atoms with Crippen LogP contribution in [0.15, 0.2) is 18.2 Å². The van der Waals surface area contributed by atoms with Crippen molar-refractivity contribution in [3.63, 3.8) is 0 Å². The molecule has 5 heteroatoms. The van der Waals surface area contributed by atoms with Crippen LogP contribution in [0.2, 0.25) is 0 Å². The number of aryl methyl sites for hydroxylation is 1. The molecule has 0 amide bonds. The summed E-state index contributed by atoms with van der Waals surface area (Å²) >= 11 is 0. The maximum atomic E-state index is 10.9. The molecular formula is C15H21NO4. The molecule has 1 heterocycles. The van der Waals surface area contributed by atoms with E-state index in [-0.39, 0.29) is 11.9 Å². The number of carboxylic acid groups (broad SMARTS) is 1. The van der Waals surface area contributed by atoms with E-state index in [1.807, 2.05) is 19.9 Å². The monoisotopic (exact) mass is 279 g/mol. The molecule has 0 aliphatic carbocycles. The standard InChI is InChI=1S/C15H21NO4/c1-3-16(13-8-11(17)5-4-10(13)2)9-12-6-7-14(20-12)15(18)19/h4-5,8,12,14,17H,3,6-7,9H2,1-2H3,(H,18,19). The molecular weight excluding hydrogens is 258 g/mol. The minimum absolute atomic E-state index is 0.0715. The van der Waals surface area contributed by atoms with Gasteiger partial charge in [-0.15, -0.1) is 0 Å². The van der Waals surface area contributed by atoms with Crippen molar-refractivity contribution in [1.29, 1.82) is 0 Å². The maximum absolute atomic E-state index is 10.9. The van der Waals surface area contributed by atoms with Crippen LogP contribution < -0.4 is 4.90 Å². The molecule has 0 aromatic heterocycles. The number of ether oxygens (including phenoxy) is 1. The van der Waals surface area contributed by atoms with Crippen LogP contribution in [0.1, 0.15) is 25.3 Å². The number of nitrogens with zero attached hydrogens (tertiary/aromatic N) is 1. The number of hydrogen-bond acceptors (Lipinski definition) is 4. The predicted octanol–water partition coefficient (Wildman–Crippen LogP) is 2.16. The molecule has 1 aromatic carbocycles. The van der Waals surface area contributed by atoms with Gasteiger partial charge >= 0.3 is 5.97 Å². The van der Waals surface area contributed by atoms with E-state index in [1.165, 1.54) is 0 Å². The Hall–Kier alpha value is -1.75. The summed E-state index contributed by atoms with van der Waals surface area (Å²) in [5.74, 6) is -0.649. The molecule has 5 nitrogen and oxygen atoms in total. The first kappa shape index (κ1) is 14.7. The van der Waals surface area contributed by atoms with E-state index in [0.717, 1.165) is 24.2 Å². The fourth-order valence-electron chi connectivity index (χ4n) is 2.60. The quantitative estimate of drug-likeness (QED) is 0.864. The molecule has 1 aromatic rings. The Morgan fingerprint density at radius 1 is 1.45 bits per heavy atom. The van der Waals surface area contributed by atoms with Gasteiger partial charge in [-0.25, -0.2) is 4.79 Å². The number of phenolic OH excluding ortho intramolecular Hbond substituents is 1. The first-order valence-corrected chi connectivity index (χ1v) is 6.94. The lowest BCUT2D eigenvalue weighted by Crippen LogP contribution is -2.33. The maximum Gasteiger partial charge on any atom is 0.332 e. The van der Waals surface area contributed by atoms with Crippen LogP contribution in [0, 0.1) is 6.92 Å². The molecule has 1 fully saturated rings. The largest absolute Gasteiger partial charge is 0.508 e. The number of aromatic hydroxyl groups is 1. The lowest BCUT2D eigenvalue weighted by molar-refractivity contribution is -0.149. The summed E-state index contributed by atoms with van der Waals surface area (Å²) in [5, 5.41) is 18.6. The van der Waals surface area contributed by atoms with Gasteiger partial charge in [-0.1, -0.05) is 6.07 Å². The third-order valence-electron chi connectivity index (χ3n) is 3.72. The first-order chi connectivity index (χ1) is 9.51. The van der Waals surface area contributed by atoms with Gasteiger partial charge in [0.05, 0.1) is 6.10 Å². The van der Waals surface area contributed by atoms with Crippen molar-refractivity contribution in [2.45, 2.75) is 38.9 Å². The van der Waals surface area contributed by atoms with Crippen LogP contribution in [0.3, 0.4) is 0 Å². The zero-order valence-electron chi connectivity index (χ0n) is 11.9. The lowest BCUT2D eigenvalue weighted by atomic mass is 10.1. The highest BCUT2D eigenvalue weighted by Gasteiger charge is 2.31. The van der Waals surface area contributed by atoms with E-state index in [9.17, 15) is 9.90 Å². The van der Waals surface area contributed by atoms with Gasteiger partial charge in [-0.2, -0.15) is 0 Å². The SMILES string of the molecule is CCN(CC1CCC(C(=O)O)O1)c1cc(O)ccc1C. The van der Waals surface area contributed by atoms with Gasteiger partial charge in [0.25, 0.3) is 0 Å². The summed E-state index contributed by atoms with van der Waals surface area (Å²) in [7, 11) is 0. The summed E-state index contributed by atoms with van der Waals surface area (Å²) in [4.78, 5) is 13.0. The number of aliphatic carboxylic acids is 1. The van der Waals surface area contributed by atoms with E-state index in [0.29, 0.717) is 13.0 Å². The molecule has 2 N–H and O–H groups in total. The van der Waals surface area contributed by atoms with Crippen molar-refractivity contribution >= 4 is 11.7 Å². The Kier molecular flexibility index (Phi) is 4.49. The van der Waals surface area contributed by atoms with Crippen LogP contribution >= 0.6 is 0 Å². The molecule has 110 valence electrons. The van der Waals surface area contributed by atoms with Gasteiger partial charge in [0.2, 0.25) is 0 Å². The molecule has 1 aliphatic rings. The second kappa shape index (κ2) is 6.13. The van der Waals surface area contributed by atoms with Gasteiger partial charge in [-0.3, -0.25) is 0 Å². The Morgan fingerprint density at radius 2 is 2.20 bits per heavy atom. The molecule has 2 unspecified atom stereocenters. The minimum atomic E-state index is -0.885. The molecule has 0 spiro atoms. The molecule has 0 saturated carbocycles. The average Bonchev–Trinajstić information content (AvgIpc) is 2.88. The van der Waals surface area contributed by atoms with Crippen LogP contribution in [0.4, 0.5) is 5.69 Å². The summed E-state index contributed by atoms with van der Waals surface area (Å²) in [6.45, 7) is 5.45. The Bertz CT molecular complexity index is 489. The number of hydrogen-bond donors (Lipinski definition) is 2. The number of carbonyl (C=O) groups is 1. The number of carboxylic acids is 1. The van der Waals surface area contributed by atoms with Crippen molar-refractivity contribution < 1.29 is 19.7 Å². The average molecular weight is 279 g/mol. The van der Waals surface area contributed by atoms with Crippen molar-refractivity contribution in [2.24, 2.45) is 0 Å². The smallest absolute Gasteiger partial charge is 0.332 e. The van der Waals surface area contributed by atoms with Gasteiger partial charge in [0.1, 0.15) is 5.75 Å². The molecule has 0 radical (unpaired) electrons. The van der Waals surface area contributed by atoms with Gasteiger partial charge in [0, 0.05) is 24.8 Å². The second-order valence-electron chi connectivity index (χ2n) is 5.17. The van der Waals surface area contributed by atoms with E-state index in [4.69, 9.17) is 9.84 Å². The van der Waals surface area contributed by atoms with Crippen molar-refractivity contribution in [3.8, 4) is 5.75 Å². The highest BCUT2D eigenvalue weighted by Crippen LogP contribution is 2.27. The second-order valence-corrected chi connectivity index (χ2v) is 5.17. The Labute approximate surface area is 118 Å². The van der Waals surface area contributed by atoms with Gasteiger partial charge in [0.15, 0.2) is 6.10 Å². The fraction of sp³-hybridized carbons (Fsp3) is 0.533. The predicted molar refractivity (Wildman–Crippen MR) is 76.3 cm³/mol. The summed E-state index contributed by atoms with van der Waals surface area (Å²) < 4.78 is 5.54. The Balaban J connectivity index is 2.06. The van der Waals surface area contributed by atoms with Gasteiger partial charge in [-0.05, 0) is 38.3 Å². The molecule has 1 saturated heterocycles. The van der Waals surface area contributed by atoms with E-state index < -0.39 is 12.1 Å². The first-order valence-electron chi connectivity index (χ1n) is 6.94. The number of phenols is 1. The zero-order valence-corrected chi connectivity index (χ0v) is 11.9. The fourth-order valence-corrected chi connectivity index (χ4v) is 2.60. The third kappa shape index (κ3) is 3.22. The third-order valence-corrected chi connectivity index (χ3v) is 3.72. The highest BCUT2D eigenvalue weighted by atomic mass is 16.5. The zero-order chi connectivity index (χ0) is 14.7. The van der Waals surface area contributed by atoms with Crippen LogP contribution in [-0.2, 0) is 9.53 Å². The van der Waals surface area contributed by atoms with Crippen molar-refractivity contribution in [2.75, 3.05) is 18.0 Å². The number of likely N-dealkylation sites (N-methyl/N-ethyl adjacent to an activating group) is 1. The van der Waals surface area contributed by atoms with Crippen LogP contribution in [0.5, 0.6) is 5.75 Å². The highest BCUT2D eigenvalue weighted by molar-refractivity contribution is 5.72. The van der Waals surface area contributed by atoms with E-state index in [2.05, 4.69) is 4.90 Å². The van der Waals surface area contributed by atoms with E-state index in [1.54, 1.807) is 12.1 Å². The lowest BCUT2D eigenvalue weighted by Gasteiger charge is -2.27. The number of anilines is 1. The number of benzene rings is 1. The van der Waals surface area contributed by atoms with E-state index >= 15 is 0 Å². The molecule has 2 rings (SSSR count). The molecule has 1 aliphatic heterocycles. The molecule has 20 heavy (non-hydrogen) atoms.